The summed E-state index contributed by atoms with van der Waals surface area (Å²) in [6, 6.07) is 25.2. The first kappa shape index (κ1) is 13.5. The lowest BCUT2D eigenvalue weighted by Gasteiger charge is -2.08. The summed E-state index contributed by atoms with van der Waals surface area (Å²) < 4.78 is 0. The van der Waals surface area contributed by atoms with Gasteiger partial charge in [-0.2, -0.15) is 0 Å². The number of hydrogen-bond acceptors (Lipinski definition) is 2. The smallest absolute Gasteiger partial charge is 0.258 e. The van der Waals surface area contributed by atoms with Gasteiger partial charge in [-0.25, -0.2) is 0 Å². The Morgan fingerprint density at radius 1 is 0.696 bits per heavy atom. The highest BCUT2D eigenvalue weighted by Gasteiger charge is 2.14. The number of para-hydroxylation sites is 1. The Hall–Kier alpha value is -3.20. The second-order valence-electron chi connectivity index (χ2n) is 5.50. The molecule has 0 amide bonds. The first-order chi connectivity index (χ1) is 11.2. The molecule has 0 aliphatic heterocycles. The van der Waals surface area contributed by atoms with Gasteiger partial charge in [0.1, 0.15) is 0 Å². The van der Waals surface area contributed by atoms with Gasteiger partial charge in [0.05, 0.1) is 10.5 Å². The Labute approximate surface area is 133 Å². The lowest BCUT2D eigenvalue weighted by atomic mass is 9.96. The van der Waals surface area contributed by atoms with Crippen LogP contribution in [0.15, 0.2) is 78.9 Å². The van der Waals surface area contributed by atoms with E-state index < -0.39 is 0 Å². The SMILES string of the molecule is O=[N+]([O-])c1ccccc1-c1ccc2ccc3ccccc3c2c1. The third-order valence-electron chi connectivity index (χ3n) is 4.16. The van der Waals surface area contributed by atoms with Crippen LogP contribution in [0.5, 0.6) is 0 Å². The molecule has 0 heterocycles. The van der Waals surface area contributed by atoms with Crippen molar-refractivity contribution in [1.82, 2.24) is 0 Å². The van der Waals surface area contributed by atoms with Crippen molar-refractivity contribution in [2.45, 2.75) is 0 Å². The van der Waals surface area contributed by atoms with Gasteiger partial charge in [0.15, 0.2) is 0 Å². The quantitative estimate of drug-likeness (QED) is 0.276. The number of rotatable bonds is 2. The third kappa shape index (κ3) is 2.23. The minimum atomic E-state index is -0.331. The van der Waals surface area contributed by atoms with Crippen molar-refractivity contribution >= 4 is 27.2 Å². The van der Waals surface area contributed by atoms with E-state index in [-0.39, 0.29) is 10.6 Å². The van der Waals surface area contributed by atoms with E-state index in [1.807, 2.05) is 36.4 Å². The van der Waals surface area contributed by atoms with Gasteiger partial charge in [-0.15, -0.1) is 0 Å². The standard InChI is InChI=1S/C20H13NO2/c22-21(23)20-8-4-3-7-18(20)16-12-11-15-10-9-14-5-1-2-6-17(14)19(15)13-16/h1-13H. The highest BCUT2D eigenvalue weighted by atomic mass is 16.6. The van der Waals surface area contributed by atoms with Gasteiger partial charge in [-0.05, 0) is 39.2 Å². The molecule has 23 heavy (non-hydrogen) atoms. The second kappa shape index (κ2) is 5.21. The predicted molar refractivity (Wildman–Crippen MR) is 93.5 cm³/mol. The molecule has 0 fully saturated rings. The second-order valence-corrected chi connectivity index (χ2v) is 5.50. The van der Waals surface area contributed by atoms with Crippen LogP contribution in [0.2, 0.25) is 0 Å². The van der Waals surface area contributed by atoms with Crippen LogP contribution in [0.25, 0.3) is 32.7 Å². The van der Waals surface area contributed by atoms with E-state index >= 15 is 0 Å². The van der Waals surface area contributed by atoms with E-state index in [1.165, 1.54) is 5.39 Å². The maximum Gasteiger partial charge on any atom is 0.277 e. The fourth-order valence-electron chi connectivity index (χ4n) is 3.05. The van der Waals surface area contributed by atoms with Gasteiger partial charge >= 0.3 is 0 Å². The number of nitro benzene ring substituents is 1. The van der Waals surface area contributed by atoms with Crippen LogP contribution in [0.4, 0.5) is 5.69 Å². The van der Waals surface area contributed by atoms with E-state index in [0.29, 0.717) is 5.56 Å². The lowest BCUT2D eigenvalue weighted by molar-refractivity contribution is -0.384. The molecule has 4 aromatic carbocycles. The van der Waals surface area contributed by atoms with Crippen molar-refractivity contribution in [2.75, 3.05) is 0 Å². The molecule has 0 atom stereocenters. The number of hydrogen-bond donors (Lipinski definition) is 0. The summed E-state index contributed by atoms with van der Waals surface area (Å²) >= 11 is 0. The predicted octanol–water partition coefficient (Wildman–Crippen LogP) is 5.57. The molecule has 3 heteroatoms. The largest absolute Gasteiger partial charge is 0.277 e. The summed E-state index contributed by atoms with van der Waals surface area (Å²) in [7, 11) is 0. The van der Waals surface area contributed by atoms with E-state index in [1.54, 1.807) is 18.2 Å². The van der Waals surface area contributed by atoms with Gasteiger partial charge in [0.2, 0.25) is 0 Å². The maximum atomic E-state index is 11.3. The molecule has 110 valence electrons. The average molecular weight is 299 g/mol. The molecule has 0 aromatic heterocycles. The van der Waals surface area contributed by atoms with Gasteiger partial charge in [-0.3, -0.25) is 10.1 Å². The summed E-state index contributed by atoms with van der Waals surface area (Å²) in [5.41, 5.74) is 1.64. The monoisotopic (exact) mass is 299 g/mol. The van der Waals surface area contributed by atoms with Gasteiger partial charge in [-0.1, -0.05) is 60.7 Å². The Balaban J connectivity index is 2.03. The topological polar surface area (TPSA) is 43.1 Å². The highest BCUT2D eigenvalue weighted by molar-refractivity contribution is 6.08. The molecular weight excluding hydrogens is 286 g/mol. The Bertz CT molecular complexity index is 1050. The normalized spacial score (nSPS) is 11.0. The Morgan fingerprint density at radius 3 is 2.17 bits per heavy atom. The van der Waals surface area contributed by atoms with Gasteiger partial charge in [0.25, 0.3) is 5.69 Å². The van der Waals surface area contributed by atoms with Crippen molar-refractivity contribution < 1.29 is 4.92 Å². The zero-order chi connectivity index (χ0) is 15.8. The van der Waals surface area contributed by atoms with Crippen molar-refractivity contribution in [3.05, 3.63) is 89.0 Å². The molecule has 3 nitrogen and oxygen atoms in total. The van der Waals surface area contributed by atoms with E-state index in [4.69, 9.17) is 0 Å². The first-order valence-corrected chi connectivity index (χ1v) is 7.39. The lowest BCUT2D eigenvalue weighted by Crippen LogP contribution is -1.91. The van der Waals surface area contributed by atoms with Crippen molar-refractivity contribution in [2.24, 2.45) is 0 Å². The van der Waals surface area contributed by atoms with Crippen LogP contribution in [-0.2, 0) is 0 Å². The fraction of sp³-hybridized carbons (Fsp3) is 0. The molecule has 0 spiro atoms. The molecule has 0 N–H and O–H groups in total. The molecule has 0 unspecified atom stereocenters. The summed E-state index contributed by atoms with van der Waals surface area (Å²) in [5.74, 6) is 0. The van der Waals surface area contributed by atoms with Crippen LogP contribution < -0.4 is 0 Å². The number of nitrogens with zero attached hydrogens (tertiary/aromatic N) is 1. The average Bonchev–Trinajstić information content (AvgIpc) is 2.61. The van der Waals surface area contributed by atoms with Crippen molar-refractivity contribution in [3.8, 4) is 11.1 Å². The summed E-state index contributed by atoms with van der Waals surface area (Å²) in [5, 5.41) is 15.8. The molecule has 0 bridgehead atoms. The summed E-state index contributed by atoms with van der Waals surface area (Å²) in [6.45, 7) is 0. The highest BCUT2D eigenvalue weighted by Crippen LogP contribution is 2.33. The van der Waals surface area contributed by atoms with Crippen LogP contribution in [0.3, 0.4) is 0 Å². The molecule has 0 aliphatic carbocycles. The minimum Gasteiger partial charge on any atom is -0.258 e. The summed E-state index contributed by atoms with van der Waals surface area (Å²) in [4.78, 5) is 10.9. The number of fused-ring (bicyclic) bond motifs is 3. The zero-order valence-electron chi connectivity index (χ0n) is 12.3. The van der Waals surface area contributed by atoms with Crippen LogP contribution in [-0.4, -0.2) is 4.92 Å². The molecule has 0 radical (unpaired) electrons. The molecule has 0 saturated carbocycles. The van der Waals surface area contributed by atoms with Crippen LogP contribution in [0.1, 0.15) is 0 Å². The third-order valence-corrected chi connectivity index (χ3v) is 4.16. The van der Waals surface area contributed by atoms with E-state index in [2.05, 4.69) is 24.3 Å². The van der Waals surface area contributed by atoms with Gasteiger partial charge in [0, 0.05) is 6.07 Å². The van der Waals surface area contributed by atoms with E-state index in [9.17, 15) is 10.1 Å². The molecule has 0 aliphatic rings. The fourth-order valence-corrected chi connectivity index (χ4v) is 3.05. The van der Waals surface area contributed by atoms with E-state index in [0.717, 1.165) is 21.7 Å². The van der Waals surface area contributed by atoms with Crippen molar-refractivity contribution in [3.63, 3.8) is 0 Å². The van der Waals surface area contributed by atoms with Gasteiger partial charge < -0.3 is 0 Å². The maximum absolute atomic E-state index is 11.3. The number of benzene rings is 4. The minimum absolute atomic E-state index is 0.132. The summed E-state index contributed by atoms with van der Waals surface area (Å²) in [6.07, 6.45) is 0. The molecule has 0 saturated heterocycles. The zero-order valence-corrected chi connectivity index (χ0v) is 12.3. The van der Waals surface area contributed by atoms with Crippen LogP contribution in [0, 0.1) is 10.1 Å². The Kier molecular flexibility index (Phi) is 3.05. The van der Waals surface area contributed by atoms with Crippen LogP contribution >= 0.6 is 0 Å². The molecule has 4 rings (SSSR count). The molecule has 4 aromatic rings. The number of nitro groups is 1. The first-order valence-electron chi connectivity index (χ1n) is 7.39. The van der Waals surface area contributed by atoms with Crippen molar-refractivity contribution in [1.29, 1.82) is 0 Å². The Morgan fingerprint density at radius 2 is 1.35 bits per heavy atom. The molecular formula is C20H13NO2.